The van der Waals surface area contributed by atoms with Crippen molar-refractivity contribution in [1.29, 1.82) is 0 Å². The SMILES string of the molecule is CC(C)C1(C)C=CC(Cl)=CC(F)=C1. The molecule has 0 bridgehead atoms. The van der Waals surface area contributed by atoms with E-state index in [-0.39, 0.29) is 11.2 Å². The molecule has 0 nitrogen and oxygen atoms in total. The van der Waals surface area contributed by atoms with Crippen LogP contribution in [0.2, 0.25) is 0 Å². The number of halogens is 2. The molecule has 1 atom stereocenters. The first-order valence-corrected chi connectivity index (χ1v) is 4.76. The molecule has 0 aromatic carbocycles. The van der Waals surface area contributed by atoms with Gasteiger partial charge in [-0.25, -0.2) is 4.39 Å². The molecule has 0 saturated carbocycles. The molecule has 1 unspecified atom stereocenters. The first-order chi connectivity index (χ1) is 5.94. The summed E-state index contributed by atoms with van der Waals surface area (Å²) in [7, 11) is 0. The van der Waals surface area contributed by atoms with Crippen LogP contribution < -0.4 is 0 Å². The van der Waals surface area contributed by atoms with Gasteiger partial charge in [-0.05, 0) is 24.1 Å². The van der Waals surface area contributed by atoms with Gasteiger partial charge in [0.05, 0.1) is 0 Å². The molecule has 0 saturated heterocycles. The maximum absolute atomic E-state index is 13.2. The Labute approximate surface area is 83.8 Å². The van der Waals surface area contributed by atoms with Crippen LogP contribution in [0.3, 0.4) is 0 Å². The van der Waals surface area contributed by atoms with Gasteiger partial charge in [0.25, 0.3) is 0 Å². The Morgan fingerprint density at radius 1 is 1.46 bits per heavy atom. The summed E-state index contributed by atoms with van der Waals surface area (Å²) >= 11 is 5.74. The van der Waals surface area contributed by atoms with Crippen molar-refractivity contribution in [2.24, 2.45) is 11.3 Å². The van der Waals surface area contributed by atoms with E-state index in [4.69, 9.17) is 11.6 Å². The Hall–Kier alpha value is -0.560. The Morgan fingerprint density at radius 2 is 2.08 bits per heavy atom. The van der Waals surface area contributed by atoms with Crippen LogP contribution in [-0.4, -0.2) is 0 Å². The number of hydrogen-bond donors (Lipinski definition) is 0. The minimum atomic E-state index is -0.258. The third-order valence-electron chi connectivity index (χ3n) is 2.57. The molecule has 13 heavy (non-hydrogen) atoms. The topological polar surface area (TPSA) is 0 Å². The fourth-order valence-electron chi connectivity index (χ4n) is 1.19. The Morgan fingerprint density at radius 3 is 2.62 bits per heavy atom. The van der Waals surface area contributed by atoms with Crippen molar-refractivity contribution in [3.63, 3.8) is 0 Å². The van der Waals surface area contributed by atoms with Crippen molar-refractivity contribution in [2.45, 2.75) is 20.8 Å². The minimum Gasteiger partial charge on any atom is -0.207 e. The molecule has 0 heterocycles. The van der Waals surface area contributed by atoms with Crippen molar-refractivity contribution in [2.75, 3.05) is 0 Å². The fraction of sp³-hybridized carbons (Fsp3) is 0.455. The normalized spacial score (nSPS) is 28.5. The average Bonchev–Trinajstić information content (AvgIpc) is 2.11. The van der Waals surface area contributed by atoms with Gasteiger partial charge in [0, 0.05) is 10.4 Å². The van der Waals surface area contributed by atoms with Gasteiger partial charge in [0.1, 0.15) is 5.83 Å². The van der Waals surface area contributed by atoms with Gasteiger partial charge in [-0.1, -0.05) is 38.4 Å². The van der Waals surface area contributed by atoms with E-state index in [2.05, 4.69) is 13.8 Å². The van der Waals surface area contributed by atoms with Crippen LogP contribution in [0.15, 0.2) is 35.2 Å². The van der Waals surface area contributed by atoms with Crippen LogP contribution >= 0.6 is 11.6 Å². The maximum Gasteiger partial charge on any atom is 0.121 e. The van der Waals surface area contributed by atoms with E-state index in [1.807, 2.05) is 13.0 Å². The highest BCUT2D eigenvalue weighted by molar-refractivity contribution is 6.31. The molecule has 0 radical (unpaired) electrons. The molecule has 0 N–H and O–H groups in total. The predicted octanol–water partition coefficient (Wildman–Crippen LogP) is 4.19. The van der Waals surface area contributed by atoms with E-state index in [1.54, 1.807) is 12.2 Å². The average molecular weight is 201 g/mol. The summed E-state index contributed by atoms with van der Waals surface area (Å²) in [5, 5.41) is 0.443. The monoisotopic (exact) mass is 200 g/mol. The minimum absolute atomic E-state index is 0.239. The first kappa shape index (κ1) is 10.5. The predicted molar refractivity (Wildman–Crippen MR) is 55.2 cm³/mol. The Balaban J connectivity index is 3.07. The van der Waals surface area contributed by atoms with Gasteiger partial charge in [0.2, 0.25) is 0 Å². The summed E-state index contributed by atoms with van der Waals surface area (Å²) in [5.74, 6) is 0.0941. The second kappa shape index (κ2) is 3.67. The number of rotatable bonds is 1. The zero-order valence-corrected chi connectivity index (χ0v) is 8.90. The molecular formula is C11H14ClF. The molecule has 2 heteroatoms. The molecule has 0 amide bonds. The highest BCUT2D eigenvalue weighted by Crippen LogP contribution is 2.35. The highest BCUT2D eigenvalue weighted by Gasteiger charge is 2.24. The van der Waals surface area contributed by atoms with Gasteiger partial charge < -0.3 is 0 Å². The molecule has 0 aliphatic heterocycles. The molecule has 1 aliphatic rings. The Kier molecular flexibility index (Phi) is 2.97. The van der Waals surface area contributed by atoms with Crippen molar-refractivity contribution in [1.82, 2.24) is 0 Å². The van der Waals surface area contributed by atoms with E-state index < -0.39 is 0 Å². The summed E-state index contributed by atoms with van der Waals surface area (Å²) in [4.78, 5) is 0. The molecule has 0 aromatic rings. The number of allylic oxidation sites excluding steroid dienone is 6. The molecule has 0 fully saturated rings. The lowest BCUT2D eigenvalue weighted by Crippen LogP contribution is -2.17. The van der Waals surface area contributed by atoms with Gasteiger partial charge in [-0.15, -0.1) is 0 Å². The van der Waals surface area contributed by atoms with Crippen LogP contribution in [0.1, 0.15) is 20.8 Å². The first-order valence-electron chi connectivity index (χ1n) is 4.39. The molecule has 1 aliphatic carbocycles. The molecular weight excluding hydrogens is 187 g/mol. The lowest BCUT2D eigenvalue weighted by Gasteiger charge is -2.26. The summed E-state index contributed by atoms with van der Waals surface area (Å²) in [5.41, 5.74) is -0.239. The standard InChI is InChI=1S/C11H14ClF/c1-8(2)11(3)5-4-9(12)6-10(13)7-11/h4-8H,1-3H3. The summed E-state index contributed by atoms with van der Waals surface area (Å²) < 4.78 is 13.2. The van der Waals surface area contributed by atoms with Crippen LogP contribution in [0.5, 0.6) is 0 Å². The summed E-state index contributed by atoms with van der Waals surface area (Å²) in [6.45, 7) is 6.12. The van der Waals surface area contributed by atoms with Crippen molar-refractivity contribution in [3.05, 3.63) is 35.2 Å². The quantitative estimate of drug-likeness (QED) is 0.595. The Bertz CT molecular complexity index is 286. The summed E-state index contributed by atoms with van der Waals surface area (Å²) in [6.07, 6.45) is 6.66. The molecule has 1 rings (SSSR count). The zero-order chi connectivity index (χ0) is 10.1. The largest absolute Gasteiger partial charge is 0.207 e. The zero-order valence-electron chi connectivity index (χ0n) is 8.14. The van der Waals surface area contributed by atoms with E-state index >= 15 is 0 Å². The molecule has 0 spiro atoms. The third-order valence-corrected chi connectivity index (χ3v) is 2.81. The number of hydrogen-bond acceptors (Lipinski definition) is 0. The lowest BCUT2D eigenvalue weighted by atomic mass is 9.79. The third kappa shape index (κ3) is 2.44. The van der Waals surface area contributed by atoms with Crippen LogP contribution in [0, 0.1) is 11.3 Å². The van der Waals surface area contributed by atoms with Crippen LogP contribution in [-0.2, 0) is 0 Å². The fourth-order valence-corrected chi connectivity index (χ4v) is 1.35. The smallest absolute Gasteiger partial charge is 0.121 e. The molecule has 0 aromatic heterocycles. The van der Waals surface area contributed by atoms with E-state index in [1.165, 1.54) is 6.08 Å². The second-order valence-electron chi connectivity index (χ2n) is 3.91. The van der Waals surface area contributed by atoms with E-state index in [0.29, 0.717) is 11.0 Å². The van der Waals surface area contributed by atoms with Crippen molar-refractivity contribution < 1.29 is 4.39 Å². The van der Waals surface area contributed by atoms with Gasteiger partial charge >= 0.3 is 0 Å². The van der Waals surface area contributed by atoms with Gasteiger partial charge in [-0.3, -0.25) is 0 Å². The molecule has 72 valence electrons. The van der Waals surface area contributed by atoms with E-state index in [0.717, 1.165) is 0 Å². The van der Waals surface area contributed by atoms with E-state index in [9.17, 15) is 4.39 Å². The second-order valence-corrected chi connectivity index (χ2v) is 4.35. The van der Waals surface area contributed by atoms with Gasteiger partial charge in [-0.2, -0.15) is 0 Å². The summed E-state index contributed by atoms with van der Waals surface area (Å²) in [6, 6.07) is 0. The van der Waals surface area contributed by atoms with Crippen LogP contribution in [0.25, 0.3) is 0 Å². The maximum atomic E-state index is 13.2. The van der Waals surface area contributed by atoms with Gasteiger partial charge in [0.15, 0.2) is 0 Å². The van der Waals surface area contributed by atoms with Crippen molar-refractivity contribution in [3.8, 4) is 0 Å². The van der Waals surface area contributed by atoms with Crippen LogP contribution in [0.4, 0.5) is 4.39 Å². The lowest BCUT2D eigenvalue weighted by molar-refractivity contribution is 0.376. The highest BCUT2D eigenvalue weighted by atomic mass is 35.5. The van der Waals surface area contributed by atoms with Crippen molar-refractivity contribution >= 4 is 11.6 Å².